The molecule has 1 aliphatic heterocycles. The minimum atomic E-state index is -0.140. The standard InChI is InChI=1S/C54H37N3O2/c1-54(2)44-21-10-9-19-43(44)48-45(54)31-32-47-50(48)59-46-22-12-20-42(49(46)58-47)40-17-11-18-41(33-40)53-56-51(38-27-23-36(24-28-38)34-13-5-3-6-14-34)55-52(57-53)39-29-25-37(26-30-39)35-15-7-4-8-16-35/h3-33H,1-2H3. The molecule has 0 fully saturated rings. The monoisotopic (exact) mass is 759 g/mol. The van der Waals surface area contributed by atoms with Crippen LogP contribution in [0.5, 0.6) is 23.0 Å². The second-order valence-electron chi connectivity index (χ2n) is 15.6. The molecule has 0 N–H and O–H groups in total. The third-order valence-corrected chi connectivity index (χ3v) is 11.6. The first-order valence-corrected chi connectivity index (χ1v) is 19.9. The van der Waals surface area contributed by atoms with Gasteiger partial charge in [0.05, 0.1) is 0 Å². The highest BCUT2D eigenvalue weighted by molar-refractivity contribution is 5.89. The Balaban J connectivity index is 0.982. The van der Waals surface area contributed by atoms with Crippen molar-refractivity contribution in [2.45, 2.75) is 19.3 Å². The molecule has 8 aromatic carbocycles. The van der Waals surface area contributed by atoms with E-state index < -0.39 is 0 Å². The van der Waals surface area contributed by atoms with E-state index >= 15 is 0 Å². The van der Waals surface area contributed by atoms with Crippen LogP contribution in [0, 0.1) is 0 Å². The number of para-hydroxylation sites is 1. The van der Waals surface area contributed by atoms with Crippen LogP contribution in [0.1, 0.15) is 25.0 Å². The molecule has 1 aromatic heterocycles. The summed E-state index contributed by atoms with van der Waals surface area (Å²) in [5, 5.41) is 0. The highest BCUT2D eigenvalue weighted by Gasteiger charge is 2.39. The summed E-state index contributed by atoms with van der Waals surface area (Å²) in [6, 6.07) is 64.8. The summed E-state index contributed by atoms with van der Waals surface area (Å²) in [4.78, 5) is 15.3. The highest BCUT2D eigenvalue weighted by atomic mass is 16.6. The molecule has 0 radical (unpaired) electrons. The summed E-state index contributed by atoms with van der Waals surface area (Å²) in [6.45, 7) is 4.54. The van der Waals surface area contributed by atoms with Gasteiger partial charge >= 0.3 is 0 Å². The van der Waals surface area contributed by atoms with Crippen LogP contribution in [0.15, 0.2) is 188 Å². The first-order chi connectivity index (χ1) is 29.0. The molecule has 2 heterocycles. The third-order valence-electron chi connectivity index (χ3n) is 11.6. The smallest absolute Gasteiger partial charge is 0.178 e. The van der Waals surface area contributed by atoms with Crippen LogP contribution in [-0.2, 0) is 5.41 Å². The van der Waals surface area contributed by atoms with Crippen molar-refractivity contribution in [3.05, 3.63) is 199 Å². The zero-order valence-corrected chi connectivity index (χ0v) is 32.6. The fourth-order valence-corrected chi connectivity index (χ4v) is 8.55. The van der Waals surface area contributed by atoms with E-state index in [1.807, 2.05) is 42.5 Å². The number of benzene rings is 8. The van der Waals surface area contributed by atoms with Crippen molar-refractivity contribution >= 4 is 0 Å². The van der Waals surface area contributed by atoms with Crippen LogP contribution in [0.2, 0.25) is 0 Å². The molecule has 5 heteroatoms. The number of hydrogen-bond acceptors (Lipinski definition) is 5. The maximum atomic E-state index is 6.79. The first-order valence-electron chi connectivity index (χ1n) is 19.9. The zero-order chi connectivity index (χ0) is 39.5. The third kappa shape index (κ3) is 5.98. The lowest BCUT2D eigenvalue weighted by Crippen LogP contribution is -2.15. The zero-order valence-electron chi connectivity index (χ0n) is 32.6. The Labute approximate surface area is 343 Å². The van der Waals surface area contributed by atoms with E-state index in [1.54, 1.807) is 0 Å². The minimum Gasteiger partial charge on any atom is -0.449 e. The molecule has 0 spiro atoms. The Bertz CT molecular complexity index is 2950. The van der Waals surface area contributed by atoms with Gasteiger partial charge in [0, 0.05) is 33.2 Å². The average molecular weight is 760 g/mol. The molecular formula is C54H37N3O2. The van der Waals surface area contributed by atoms with E-state index in [1.165, 1.54) is 16.7 Å². The topological polar surface area (TPSA) is 57.1 Å². The van der Waals surface area contributed by atoms with Crippen LogP contribution in [0.4, 0.5) is 0 Å². The molecule has 59 heavy (non-hydrogen) atoms. The summed E-state index contributed by atoms with van der Waals surface area (Å²) in [7, 11) is 0. The molecule has 2 aliphatic rings. The van der Waals surface area contributed by atoms with Crippen LogP contribution < -0.4 is 9.47 Å². The fraction of sp³-hybridized carbons (Fsp3) is 0.0556. The summed E-state index contributed by atoms with van der Waals surface area (Å²) in [5.74, 6) is 4.61. The lowest BCUT2D eigenvalue weighted by molar-refractivity contribution is 0.361. The fourth-order valence-electron chi connectivity index (χ4n) is 8.55. The minimum absolute atomic E-state index is 0.140. The van der Waals surface area contributed by atoms with E-state index in [0.717, 1.165) is 61.4 Å². The lowest BCUT2D eigenvalue weighted by atomic mass is 9.82. The van der Waals surface area contributed by atoms with Gasteiger partial charge in [-0.3, -0.25) is 0 Å². The molecule has 9 aromatic rings. The van der Waals surface area contributed by atoms with Gasteiger partial charge in [-0.15, -0.1) is 0 Å². The number of nitrogens with zero attached hydrogens (tertiary/aromatic N) is 3. The molecular weight excluding hydrogens is 723 g/mol. The predicted molar refractivity (Wildman–Crippen MR) is 237 cm³/mol. The Morgan fingerprint density at radius 1 is 0.339 bits per heavy atom. The molecule has 11 rings (SSSR count). The second-order valence-corrected chi connectivity index (χ2v) is 15.6. The van der Waals surface area contributed by atoms with E-state index in [0.29, 0.717) is 34.7 Å². The number of hydrogen-bond donors (Lipinski definition) is 0. The van der Waals surface area contributed by atoms with Crippen molar-refractivity contribution in [1.82, 2.24) is 15.0 Å². The van der Waals surface area contributed by atoms with Crippen molar-refractivity contribution in [2.75, 3.05) is 0 Å². The van der Waals surface area contributed by atoms with E-state index in [9.17, 15) is 0 Å². The molecule has 5 nitrogen and oxygen atoms in total. The maximum Gasteiger partial charge on any atom is 0.178 e. The second kappa shape index (κ2) is 13.8. The summed E-state index contributed by atoms with van der Waals surface area (Å²) in [6.07, 6.45) is 0. The van der Waals surface area contributed by atoms with Crippen LogP contribution in [-0.4, -0.2) is 15.0 Å². The maximum absolute atomic E-state index is 6.79. The van der Waals surface area contributed by atoms with Crippen molar-refractivity contribution < 1.29 is 9.47 Å². The lowest BCUT2D eigenvalue weighted by Gasteiger charge is -2.26. The van der Waals surface area contributed by atoms with Crippen molar-refractivity contribution in [2.24, 2.45) is 0 Å². The van der Waals surface area contributed by atoms with Gasteiger partial charge in [0.15, 0.2) is 40.5 Å². The molecule has 0 bridgehead atoms. The number of fused-ring (bicyclic) bond motifs is 6. The van der Waals surface area contributed by atoms with Gasteiger partial charge in [-0.2, -0.15) is 0 Å². The van der Waals surface area contributed by atoms with Crippen molar-refractivity contribution in [1.29, 1.82) is 0 Å². The molecule has 0 unspecified atom stereocenters. The molecule has 1 aliphatic carbocycles. The Hall–Kier alpha value is -7.63. The number of ether oxygens (including phenoxy) is 2. The van der Waals surface area contributed by atoms with E-state index in [-0.39, 0.29) is 5.41 Å². The molecule has 0 saturated carbocycles. The van der Waals surface area contributed by atoms with Crippen LogP contribution in [0.3, 0.4) is 0 Å². The Morgan fingerprint density at radius 2 is 0.797 bits per heavy atom. The van der Waals surface area contributed by atoms with Gasteiger partial charge in [-0.05, 0) is 62.7 Å². The summed E-state index contributed by atoms with van der Waals surface area (Å²) >= 11 is 0. The van der Waals surface area contributed by atoms with Crippen LogP contribution >= 0.6 is 0 Å². The largest absolute Gasteiger partial charge is 0.449 e. The van der Waals surface area contributed by atoms with Gasteiger partial charge < -0.3 is 9.47 Å². The normalized spacial score (nSPS) is 13.0. The van der Waals surface area contributed by atoms with Gasteiger partial charge in [0.1, 0.15) is 0 Å². The predicted octanol–water partition coefficient (Wildman–Crippen LogP) is 14.1. The quantitative estimate of drug-likeness (QED) is 0.169. The average Bonchev–Trinajstić information content (AvgIpc) is 3.54. The first kappa shape index (κ1) is 34.6. The van der Waals surface area contributed by atoms with Gasteiger partial charge in [0.2, 0.25) is 0 Å². The molecule has 0 amide bonds. The molecule has 0 saturated heterocycles. The van der Waals surface area contributed by atoms with Crippen molar-refractivity contribution in [3.63, 3.8) is 0 Å². The van der Waals surface area contributed by atoms with E-state index in [4.69, 9.17) is 24.4 Å². The summed E-state index contributed by atoms with van der Waals surface area (Å²) < 4.78 is 13.6. The Morgan fingerprint density at radius 3 is 1.44 bits per heavy atom. The van der Waals surface area contributed by atoms with Gasteiger partial charge in [-0.25, -0.2) is 15.0 Å². The van der Waals surface area contributed by atoms with Gasteiger partial charge in [-0.1, -0.05) is 184 Å². The van der Waals surface area contributed by atoms with Crippen molar-refractivity contribution in [3.8, 4) is 102 Å². The highest BCUT2D eigenvalue weighted by Crippen LogP contribution is 2.59. The van der Waals surface area contributed by atoms with Gasteiger partial charge in [0.25, 0.3) is 0 Å². The SMILES string of the molecule is CC1(C)c2ccccc2-c2c1ccc1c2Oc2cccc(-c3cccc(-c4nc(-c5ccc(-c6ccccc6)cc5)nc(-c5ccc(-c6ccccc6)cc5)n4)c3)c2O1. The summed E-state index contributed by atoms with van der Waals surface area (Å²) in [5.41, 5.74) is 13.8. The van der Waals surface area contributed by atoms with E-state index in [2.05, 4.69) is 159 Å². The van der Waals surface area contributed by atoms with Crippen LogP contribution in [0.25, 0.3) is 78.7 Å². The number of aromatic nitrogens is 3. The molecule has 280 valence electrons. The molecule has 0 atom stereocenters. The Kier molecular flexibility index (Phi) is 8.09. The number of rotatable bonds is 6.